The minimum atomic E-state index is 0.942. The number of imidazole rings is 1. The maximum Gasteiger partial charge on any atom is 0.164 e. The molecule has 0 aliphatic rings. The van der Waals surface area contributed by atoms with Gasteiger partial charge in [0, 0.05) is 5.69 Å². The second kappa shape index (κ2) is 4.44. The molecule has 0 radical (unpaired) electrons. The molecule has 0 aliphatic carbocycles. The molecule has 3 heteroatoms. The van der Waals surface area contributed by atoms with Crippen molar-refractivity contribution in [2.45, 2.75) is 34.6 Å². The Labute approximate surface area is 119 Å². The van der Waals surface area contributed by atoms with Crippen molar-refractivity contribution in [3.63, 3.8) is 0 Å². The van der Waals surface area contributed by atoms with Gasteiger partial charge in [0.2, 0.25) is 0 Å². The Kier molecular flexibility index (Phi) is 2.85. The van der Waals surface area contributed by atoms with Gasteiger partial charge in [0.05, 0.1) is 5.69 Å². The van der Waals surface area contributed by atoms with E-state index in [9.17, 15) is 0 Å². The molecule has 20 heavy (non-hydrogen) atoms. The van der Waals surface area contributed by atoms with Crippen molar-refractivity contribution >= 4 is 11.2 Å². The Morgan fingerprint density at radius 2 is 1.50 bits per heavy atom. The minimum Gasteiger partial charge on any atom is -0.280 e. The third kappa shape index (κ3) is 1.90. The average Bonchev–Trinajstić information content (AvgIpc) is 2.65. The zero-order valence-electron chi connectivity index (χ0n) is 12.7. The molecule has 0 saturated heterocycles. The summed E-state index contributed by atoms with van der Waals surface area (Å²) in [5.74, 6) is 0.980. The van der Waals surface area contributed by atoms with Gasteiger partial charge in [-0.1, -0.05) is 17.7 Å². The van der Waals surface area contributed by atoms with Crippen LogP contribution in [0.2, 0.25) is 0 Å². The van der Waals surface area contributed by atoms with Gasteiger partial charge in [-0.05, 0) is 57.9 Å². The van der Waals surface area contributed by atoms with E-state index in [0.717, 1.165) is 22.7 Å². The monoisotopic (exact) mass is 265 g/mol. The van der Waals surface area contributed by atoms with E-state index in [1.165, 1.54) is 22.4 Å². The summed E-state index contributed by atoms with van der Waals surface area (Å²) in [6.07, 6.45) is 0. The van der Waals surface area contributed by atoms with E-state index in [-0.39, 0.29) is 0 Å². The molecule has 0 aliphatic heterocycles. The highest BCUT2D eigenvalue weighted by Crippen LogP contribution is 2.26. The first-order valence-electron chi connectivity index (χ1n) is 6.88. The molecule has 0 fully saturated rings. The van der Waals surface area contributed by atoms with E-state index in [1.54, 1.807) is 0 Å². The number of aryl methyl sites for hydroxylation is 5. The van der Waals surface area contributed by atoms with Crippen LogP contribution in [-0.4, -0.2) is 14.5 Å². The van der Waals surface area contributed by atoms with Crippen LogP contribution in [0.5, 0.6) is 0 Å². The largest absolute Gasteiger partial charge is 0.280 e. The summed E-state index contributed by atoms with van der Waals surface area (Å²) in [5, 5.41) is 0. The third-order valence-corrected chi connectivity index (χ3v) is 3.67. The molecule has 3 aromatic rings. The Bertz CT molecular complexity index is 789. The van der Waals surface area contributed by atoms with Gasteiger partial charge in [0.15, 0.2) is 5.65 Å². The quantitative estimate of drug-likeness (QED) is 0.666. The molecule has 0 bridgehead atoms. The SMILES string of the molecule is Cc1cc(C)c(-n2c(C)nc3ccc(C)nc32)c(C)c1. The van der Waals surface area contributed by atoms with E-state index in [2.05, 4.69) is 47.4 Å². The van der Waals surface area contributed by atoms with Crippen molar-refractivity contribution < 1.29 is 0 Å². The van der Waals surface area contributed by atoms with Crippen LogP contribution in [0, 0.1) is 34.6 Å². The van der Waals surface area contributed by atoms with Crippen molar-refractivity contribution in [1.29, 1.82) is 0 Å². The number of benzene rings is 1. The summed E-state index contributed by atoms with van der Waals surface area (Å²) in [6.45, 7) is 10.5. The number of hydrogen-bond donors (Lipinski definition) is 0. The predicted octanol–water partition coefficient (Wildman–Crippen LogP) is 3.96. The van der Waals surface area contributed by atoms with Crippen LogP contribution in [0.1, 0.15) is 28.2 Å². The first-order valence-corrected chi connectivity index (χ1v) is 6.88. The topological polar surface area (TPSA) is 30.7 Å². The number of pyridine rings is 1. The third-order valence-electron chi connectivity index (χ3n) is 3.67. The molecule has 0 spiro atoms. The molecule has 0 N–H and O–H groups in total. The van der Waals surface area contributed by atoms with Gasteiger partial charge in [-0.15, -0.1) is 0 Å². The fourth-order valence-electron chi connectivity index (χ4n) is 2.96. The van der Waals surface area contributed by atoms with Crippen LogP contribution >= 0.6 is 0 Å². The van der Waals surface area contributed by atoms with Gasteiger partial charge in [-0.3, -0.25) is 4.57 Å². The lowest BCUT2D eigenvalue weighted by atomic mass is 10.0. The maximum atomic E-state index is 4.68. The predicted molar refractivity (Wildman–Crippen MR) is 82.6 cm³/mol. The molecular formula is C17H19N3. The average molecular weight is 265 g/mol. The zero-order valence-corrected chi connectivity index (χ0v) is 12.7. The van der Waals surface area contributed by atoms with Gasteiger partial charge in [0.25, 0.3) is 0 Å². The van der Waals surface area contributed by atoms with Crippen molar-refractivity contribution in [2.24, 2.45) is 0 Å². The van der Waals surface area contributed by atoms with E-state index in [4.69, 9.17) is 0 Å². The Morgan fingerprint density at radius 3 is 2.15 bits per heavy atom. The number of nitrogens with zero attached hydrogens (tertiary/aromatic N) is 3. The van der Waals surface area contributed by atoms with Gasteiger partial charge in [-0.25, -0.2) is 9.97 Å². The Morgan fingerprint density at radius 1 is 0.850 bits per heavy atom. The van der Waals surface area contributed by atoms with Crippen molar-refractivity contribution in [2.75, 3.05) is 0 Å². The van der Waals surface area contributed by atoms with Crippen LogP contribution in [0.15, 0.2) is 24.3 Å². The number of hydrogen-bond acceptors (Lipinski definition) is 2. The highest BCUT2D eigenvalue weighted by atomic mass is 15.1. The summed E-state index contributed by atoms with van der Waals surface area (Å²) in [4.78, 5) is 9.31. The van der Waals surface area contributed by atoms with Crippen LogP contribution in [0.4, 0.5) is 0 Å². The van der Waals surface area contributed by atoms with Gasteiger partial charge < -0.3 is 0 Å². The zero-order chi connectivity index (χ0) is 14.4. The lowest BCUT2D eigenvalue weighted by molar-refractivity contribution is 0.961. The van der Waals surface area contributed by atoms with Crippen LogP contribution in [0.25, 0.3) is 16.9 Å². The second-order valence-electron chi connectivity index (χ2n) is 5.54. The Hall–Kier alpha value is -2.16. The van der Waals surface area contributed by atoms with E-state index in [1.807, 2.05) is 26.0 Å². The minimum absolute atomic E-state index is 0.942. The van der Waals surface area contributed by atoms with Gasteiger partial charge in [-0.2, -0.15) is 0 Å². The van der Waals surface area contributed by atoms with Crippen molar-refractivity contribution in [3.05, 3.63) is 52.5 Å². The molecule has 2 aromatic heterocycles. The molecule has 1 aromatic carbocycles. The smallest absolute Gasteiger partial charge is 0.164 e. The van der Waals surface area contributed by atoms with Crippen LogP contribution in [-0.2, 0) is 0 Å². The van der Waals surface area contributed by atoms with E-state index >= 15 is 0 Å². The molecule has 0 unspecified atom stereocenters. The number of aromatic nitrogens is 3. The highest BCUT2D eigenvalue weighted by molar-refractivity contribution is 5.75. The van der Waals surface area contributed by atoms with Crippen LogP contribution < -0.4 is 0 Å². The molecule has 2 heterocycles. The summed E-state index contributed by atoms with van der Waals surface area (Å²) in [6, 6.07) is 8.47. The van der Waals surface area contributed by atoms with E-state index < -0.39 is 0 Å². The summed E-state index contributed by atoms with van der Waals surface area (Å²) in [7, 11) is 0. The lowest BCUT2D eigenvalue weighted by Crippen LogP contribution is -2.04. The second-order valence-corrected chi connectivity index (χ2v) is 5.54. The first-order chi connectivity index (χ1) is 9.47. The lowest BCUT2D eigenvalue weighted by Gasteiger charge is -2.14. The van der Waals surface area contributed by atoms with Gasteiger partial charge >= 0.3 is 0 Å². The number of rotatable bonds is 1. The molecule has 0 saturated carbocycles. The van der Waals surface area contributed by atoms with E-state index in [0.29, 0.717) is 0 Å². The van der Waals surface area contributed by atoms with Crippen LogP contribution in [0.3, 0.4) is 0 Å². The molecule has 3 rings (SSSR count). The standard InChI is InChI=1S/C17H19N3/c1-10-8-11(2)16(12(3)9-10)20-14(5)19-15-7-6-13(4)18-17(15)20/h6-9H,1-5H3. The normalized spacial score (nSPS) is 11.2. The molecule has 0 amide bonds. The maximum absolute atomic E-state index is 4.68. The number of fused-ring (bicyclic) bond motifs is 1. The fraction of sp³-hybridized carbons (Fsp3) is 0.294. The first kappa shape index (κ1) is 12.9. The highest BCUT2D eigenvalue weighted by Gasteiger charge is 2.14. The molecule has 3 nitrogen and oxygen atoms in total. The summed E-state index contributed by atoms with van der Waals surface area (Å²) < 4.78 is 2.17. The van der Waals surface area contributed by atoms with Crippen molar-refractivity contribution in [1.82, 2.24) is 14.5 Å². The fourth-order valence-corrected chi connectivity index (χ4v) is 2.96. The summed E-state index contributed by atoms with van der Waals surface area (Å²) in [5.41, 5.74) is 7.91. The molecular weight excluding hydrogens is 246 g/mol. The van der Waals surface area contributed by atoms with Crippen molar-refractivity contribution in [3.8, 4) is 5.69 Å². The summed E-state index contributed by atoms with van der Waals surface area (Å²) >= 11 is 0. The Balaban J connectivity index is 2.40. The molecule has 0 atom stereocenters. The van der Waals surface area contributed by atoms with Gasteiger partial charge in [0.1, 0.15) is 11.3 Å². The molecule has 102 valence electrons.